The molecule has 100 valence electrons. The molecule has 1 aromatic heterocycles. The Morgan fingerprint density at radius 2 is 2.00 bits per heavy atom. The predicted octanol–water partition coefficient (Wildman–Crippen LogP) is 2.02. The third-order valence-corrected chi connectivity index (χ3v) is 2.68. The summed E-state index contributed by atoms with van der Waals surface area (Å²) in [6, 6.07) is 6.84. The number of allylic oxidation sites excluding steroid dienone is 3. The van der Waals surface area contributed by atoms with Gasteiger partial charge < -0.3 is 9.73 Å². The minimum Gasteiger partial charge on any atom is -0.403 e. The van der Waals surface area contributed by atoms with Gasteiger partial charge in [-0.1, -0.05) is 31.4 Å². The summed E-state index contributed by atoms with van der Waals surface area (Å²) in [5.74, 6) is 0.0768. The first-order valence-corrected chi connectivity index (χ1v) is 5.81. The molecule has 2 aromatic rings. The third-order valence-electron chi connectivity index (χ3n) is 2.68. The standard InChI is InChI=1S/C15H12N2O3/c1-3-10(12(4-2)16-9-18)14-17-13-8-6-5-7-11(13)15(19)20-14/h3-9H,1-2H2,(H,16,18)/b12-10-. The minimum atomic E-state index is -0.500. The van der Waals surface area contributed by atoms with Gasteiger partial charge in [0.25, 0.3) is 0 Å². The van der Waals surface area contributed by atoms with Gasteiger partial charge in [-0.15, -0.1) is 0 Å². The number of nitrogens with one attached hydrogen (secondary N) is 1. The van der Waals surface area contributed by atoms with Crippen molar-refractivity contribution < 1.29 is 9.21 Å². The van der Waals surface area contributed by atoms with E-state index in [4.69, 9.17) is 4.42 Å². The maximum absolute atomic E-state index is 11.9. The normalized spacial score (nSPS) is 11.6. The second-order valence-electron chi connectivity index (χ2n) is 3.82. The van der Waals surface area contributed by atoms with Gasteiger partial charge in [0.2, 0.25) is 12.3 Å². The zero-order valence-corrected chi connectivity index (χ0v) is 10.6. The lowest BCUT2D eigenvalue weighted by atomic mass is 10.2. The molecule has 5 nitrogen and oxygen atoms in total. The topological polar surface area (TPSA) is 72.2 Å². The molecule has 1 N–H and O–H groups in total. The van der Waals surface area contributed by atoms with E-state index in [1.54, 1.807) is 24.3 Å². The monoisotopic (exact) mass is 268 g/mol. The highest BCUT2D eigenvalue weighted by molar-refractivity contribution is 5.81. The minimum absolute atomic E-state index is 0.0768. The van der Waals surface area contributed by atoms with Crippen LogP contribution in [0.4, 0.5) is 0 Å². The van der Waals surface area contributed by atoms with Gasteiger partial charge in [0.05, 0.1) is 22.2 Å². The number of amides is 1. The summed E-state index contributed by atoms with van der Waals surface area (Å²) in [4.78, 5) is 26.7. The number of carbonyl (C=O) groups excluding carboxylic acids is 1. The van der Waals surface area contributed by atoms with Crippen molar-refractivity contribution in [2.24, 2.45) is 0 Å². The number of hydrogen-bond acceptors (Lipinski definition) is 4. The van der Waals surface area contributed by atoms with E-state index in [2.05, 4.69) is 23.5 Å². The molecule has 0 unspecified atom stereocenters. The molecule has 0 aliphatic rings. The van der Waals surface area contributed by atoms with Gasteiger partial charge in [-0.05, 0) is 18.2 Å². The molecule has 0 fully saturated rings. The molecular formula is C15H12N2O3. The van der Waals surface area contributed by atoms with E-state index in [0.29, 0.717) is 28.6 Å². The zero-order valence-electron chi connectivity index (χ0n) is 10.6. The Hall–Kier alpha value is -2.95. The van der Waals surface area contributed by atoms with Crippen molar-refractivity contribution in [1.82, 2.24) is 10.3 Å². The number of carbonyl (C=O) groups is 1. The Bertz CT molecular complexity index is 772. The molecule has 0 saturated carbocycles. The summed E-state index contributed by atoms with van der Waals surface area (Å²) in [5.41, 5.74) is 0.753. The van der Waals surface area contributed by atoms with E-state index in [1.807, 2.05) is 0 Å². The van der Waals surface area contributed by atoms with E-state index in [0.717, 1.165) is 0 Å². The van der Waals surface area contributed by atoms with Crippen LogP contribution in [0.25, 0.3) is 16.5 Å². The zero-order chi connectivity index (χ0) is 14.5. The van der Waals surface area contributed by atoms with Crippen LogP contribution in [0.1, 0.15) is 5.89 Å². The number of fused-ring (bicyclic) bond motifs is 1. The second-order valence-corrected chi connectivity index (χ2v) is 3.82. The van der Waals surface area contributed by atoms with Gasteiger partial charge >= 0.3 is 5.63 Å². The first-order valence-electron chi connectivity index (χ1n) is 5.81. The number of nitrogens with zero attached hydrogens (tertiary/aromatic N) is 1. The fourth-order valence-corrected chi connectivity index (χ4v) is 1.76. The van der Waals surface area contributed by atoms with Crippen LogP contribution in [-0.4, -0.2) is 11.4 Å². The first-order chi connectivity index (χ1) is 9.71. The van der Waals surface area contributed by atoms with E-state index in [1.165, 1.54) is 12.2 Å². The van der Waals surface area contributed by atoms with Crippen molar-refractivity contribution in [3.63, 3.8) is 0 Å². The molecule has 1 amide bonds. The molecule has 0 saturated heterocycles. The summed E-state index contributed by atoms with van der Waals surface area (Å²) < 4.78 is 5.17. The number of aromatic nitrogens is 1. The quantitative estimate of drug-likeness (QED) is 0.665. The Labute approximate surface area is 114 Å². The second kappa shape index (κ2) is 5.79. The molecule has 5 heteroatoms. The van der Waals surface area contributed by atoms with Crippen molar-refractivity contribution in [2.45, 2.75) is 0 Å². The predicted molar refractivity (Wildman–Crippen MR) is 76.8 cm³/mol. The van der Waals surface area contributed by atoms with Crippen LogP contribution in [0.3, 0.4) is 0 Å². The number of para-hydroxylation sites is 1. The lowest BCUT2D eigenvalue weighted by molar-refractivity contribution is -0.108. The molecule has 1 aromatic carbocycles. The summed E-state index contributed by atoms with van der Waals surface area (Å²) in [5, 5.41) is 2.85. The van der Waals surface area contributed by atoms with Crippen LogP contribution in [0.2, 0.25) is 0 Å². The Balaban J connectivity index is 2.73. The summed E-state index contributed by atoms with van der Waals surface area (Å²) in [6.07, 6.45) is 3.36. The SMILES string of the molecule is C=C/C(NC=O)=C(\C=C)c1nc2ccccc2c(=O)o1. The Kier molecular flexibility index (Phi) is 3.91. The molecule has 0 aliphatic heterocycles. The molecule has 20 heavy (non-hydrogen) atoms. The largest absolute Gasteiger partial charge is 0.403 e. The molecule has 0 bridgehead atoms. The van der Waals surface area contributed by atoms with E-state index in [9.17, 15) is 9.59 Å². The molecule has 0 spiro atoms. The Morgan fingerprint density at radius 1 is 1.25 bits per heavy atom. The van der Waals surface area contributed by atoms with Gasteiger partial charge in [0, 0.05) is 0 Å². The molecule has 0 aliphatic carbocycles. The van der Waals surface area contributed by atoms with Crippen LogP contribution in [-0.2, 0) is 4.79 Å². The van der Waals surface area contributed by atoms with E-state index in [-0.39, 0.29) is 5.89 Å². The first kappa shape index (κ1) is 13.5. The molecular weight excluding hydrogens is 256 g/mol. The summed E-state index contributed by atoms with van der Waals surface area (Å²) in [7, 11) is 0. The highest BCUT2D eigenvalue weighted by atomic mass is 16.4. The maximum atomic E-state index is 11.9. The van der Waals surface area contributed by atoms with E-state index >= 15 is 0 Å². The summed E-state index contributed by atoms with van der Waals surface area (Å²) in [6.45, 7) is 7.22. The highest BCUT2D eigenvalue weighted by Gasteiger charge is 2.11. The van der Waals surface area contributed by atoms with Gasteiger partial charge in [-0.2, -0.15) is 0 Å². The van der Waals surface area contributed by atoms with Gasteiger partial charge in [0.15, 0.2) is 0 Å². The van der Waals surface area contributed by atoms with Crippen molar-refractivity contribution in [2.75, 3.05) is 0 Å². The van der Waals surface area contributed by atoms with Crippen molar-refractivity contribution in [1.29, 1.82) is 0 Å². The van der Waals surface area contributed by atoms with Crippen LogP contribution < -0.4 is 10.9 Å². The lowest BCUT2D eigenvalue weighted by Crippen LogP contribution is -2.12. The molecule has 0 radical (unpaired) electrons. The number of benzene rings is 1. The van der Waals surface area contributed by atoms with Crippen molar-refractivity contribution >= 4 is 22.9 Å². The Morgan fingerprint density at radius 3 is 2.65 bits per heavy atom. The fraction of sp³-hybridized carbons (Fsp3) is 0. The molecule has 2 rings (SSSR count). The summed E-state index contributed by atoms with van der Waals surface area (Å²) >= 11 is 0. The van der Waals surface area contributed by atoms with Gasteiger partial charge in [-0.25, -0.2) is 9.78 Å². The van der Waals surface area contributed by atoms with Gasteiger partial charge in [0.1, 0.15) is 0 Å². The third kappa shape index (κ3) is 2.42. The number of hydrogen-bond donors (Lipinski definition) is 1. The van der Waals surface area contributed by atoms with Crippen LogP contribution in [0.15, 0.2) is 64.5 Å². The average Bonchev–Trinajstić information content (AvgIpc) is 2.47. The lowest BCUT2D eigenvalue weighted by Gasteiger charge is -2.06. The van der Waals surface area contributed by atoms with E-state index < -0.39 is 5.63 Å². The maximum Gasteiger partial charge on any atom is 0.347 e. The molecule has 1 heterocycles. The van der Waals surface area contributed by atoms with Crippen molar-refractivity contribution in [3.8, 4) is 0 Å². The van der Waals surface area contributed by atoms with Crippen molar-refractivity contribution in [3.05, 3.63) is 71.6 Å². The van der Waals surface area contributed by atoms with Crippen LogP contribution in [0.5, 0.6) is 0 Å². The fourth-order valence-electron chi connectivity index (χ4n) is 1.76. The van der Waals surface area contributed by atoms with Gasteiger partial charge in [-0.3, -0.25) is 4.79 Å². The molecule has 0 atom stereocenters. The average molecular weight is 268 g/mol. The highest BCUT2D eigenvalue weighted by Crippen LogP contribution is 2.18. The van der Waals surface area contributed by atoms with Crippen LogP contribution in [0, 0.1) is 0 Å². The van der Waals surface area contributed by atoms with Crippen LogP contribution >= 0.6 is 0 Å². The number of rotatable bonds is 5. The smallest absolute Gasteiger partial charge is 0.347 e.